The zero-order valence-electron chi connectivity index (χ0n) is 14.3. The molecule has 1 amide bonds. The first-order valence-corrected chi connectivity index (χ1v) is 8.56. The summed E-state index contributed by atoms with van der Waals surface area (Å²) in [7, 11) is 0. The van der Waals surface area contributed by atoms with Crippen LogP contribution >= 0.6 is 11.3 Å². The molecule has 2 rings (SSSR count). The molecule has 0 saturated carbocycles. The van der Waals surface area contributed by atoms with Crippen LogP contribution in [0, 0.1) is 0 Å². The highest BCUT2D eigenvalue weighted by Gasteiger charge is 2.18. The van der Waals surface area contributed by atoms with Crippen LogP contribution in [0.2, 0.25) is 0 Å². The van der Waals surface area contributed by atoms with Gasteiger partial charge in [-0.25, -0.2) is 14.6 Å². The van der Waals surface area contributed by atoms with E-state index >= 15 is 0 Å². The summed E-state index contributed by atoms with van der Waals surface area (Å²) in [5, 5.41) is 12.7. The number of amides is 1. The van der Waals surface area contributed by atoms with Gasteiger partial charge in [-0.1, -0.05) is 20.8 Å². The molecule has 0 aliphatic carbocycles. The highest BCUT2D eigenvalue weighted by Crippen LogP contribution is 2.26. The van der Waals surface area contributed by atoms with Crippen LogP contribution in [0.15, 0.2) is 11.7 Å². The van der Waals surface area contributed by atoms with Crippen LogP contribution in [0.1, 0.15) is 52.2 Å². The maximum Gasteiger partial charge on any atom is 0.240 e. The fourth-order valence-electron chi connectivity index (χ4n) is 2.03. The fourth-order valence-corrected chi connectivity index (χ4v) is 2.98. The van der Waals surface area contributed by atoms with Gasteiger partial charge in [0.15, 0.2) is 5.13 Å². The molecule has 0 aliphatic heterocycles. The number of hydrogen-bond acceptors (Lipinski definition) is 6. The molecule has 2 aromatic rings. The Hall–Kier alpha value is -1.80. The molecule has 2 N–H and O–H groups in total. The molecule has 2 heterocycles. The molecule has 0 unspecified atom stereocenters. The molecule has 0 bridgehead atoms. The van der Waals surface area contributed by atoms with Gasteiger partial charge in [0.25, 0.3) is 0 Å². The highest BCUT2D eigenvalue weighted by molar-refractivity contribution is 7.13. The Labute approximate surface area is 140 Å². The number of rotatable bonds is 6. The van der Waals surface area contributed by atoms with Crippen molar-refractivity contribution in [1.29, 1.82) is 0 Å². The van der Waals surface area contributed by atoms with Gasteiger partial charge in [-0.2, -0.15) is 5.10 Å². The van der Waals surface area contributed by atoms with E-state index in [-0.39, 0.29) is 23.9 Å². The third kappa shape index (κ3) is 4.59. The summed E-state index contributed by atoms with van der Waals surface area (Å²) in [4.78, 5) is 20.7. The number of carbonyl (C=O) groups is 1. The van der Waals surface area contributed by atoms with Crippen LogP contribution in [-0.2, 0) is 16.8 Å². The SMILES string of the molecule is CCn1ncnc1[C@@H](C)NCC(=O)Nc1nc(C(C)(C)C)cs1. The van der Waals surface area contributed by atoms with Crippen LogP contribution in [-0.4, -0.2) is 32.2 Å². The molecule has 23 heavy (non-hydrogen) atoms. The Morgan fingerprint density at radius 2 is 2.17 bits per heavy atom. The van der Waals surface area contributed by atoms with E-state index in [1.54, 1.807) is 0 Å². The van der Waals surface area contributed by atoms with E-state index in [2.05, 4.69) is 46.5 Å². The molecular formula is C15H24N6OS. The van der Waals surface area contributed by atoms with Crippen LogP contribution in [0.3, 0.4) is 0 Å². The number of aryl methyl sites for hydroxylation is 1. The maximum absolute atomic E-state index is 12.1. The Bertz CT molecular complexity index is 657. The standard InChI is InChI=1S/C15H24N6OS/c1-6-21-13(17-9-18-21)10(2)16-7-12(22)20-14-19-11(8-23-14)15(3,4)5/h8-10,16H,6-7H2,1-5H3,(H,19,20,22)/t10-/m1/s1. The lowest BCUT2D eigenvalue weighted by Crippen LogP contribution is -2.31. The van der Waals surface area contributed by atoms with Crippen molar-refractivity contribution >= 4 is 22.4 Å². The summed E-state index contributed by atoms with van der Waals surface area (Å²) in [5.74, 6) is 0.707. The van der Waals surface area contributed by atoms with Crippen molar-refractivity contribution < 1.29 is 4.79 Å². The molecule has 0 aliphatic rings. The molecule has 8 heteroatoms. The maximum atomic E-state index is 12.1. The summed E-state index contributed by atoms with van der Waals surface area (Å²) in [5.41, 5.74) is 0.964. The smallest absolute Gasteiger partial charge is 0.240 e. The summed E-state index contributed by atoms with van der Waals surface area (Å²) in [6.07, 6.45) is 1.53. The third-order valence-electron chi connectivity index (χ3n) is 3.42. The molecule has 0 fully saturated rings. The molecule has 0 spiro atoms. The van der Waals surface area contributed by atoms with Crippen molar-refractivity contribution in [3.8, 4) is 0 Å². The number of anilines is 1. The van der Waals surface area contributed by atoms with Gasteiger partial charge in [-0.3, -0.25) is 10.1 Å². The second kappa shape index (κ2) is 7.18. The number of nitrogens with zero attached hydrogens (tertiary/aromatic N) is 4. The van der Waals surface area contributed by atoms with E-state index in [9.17, 15) is 4.79 Å². The first-order valence-electron chi connectivity index (χ1n) is 7.68. The minimum absolute atomic E-state index is 0.0174. The Kier molecular flexibility index (Phi) is 5.48. The number of carbonyl (C=O) groups excluding carboxylic acids is 1. The van der Waals surface area contributed by atoms with Crippen molar-refractivity contribution in [1.82, 2.24) is 25.1 Å². The predicted octanol–water partition coefficient (Wildman–Crippen LogP) is 2.34. The monoisotopic (exact) mass is 336 g/mol. The number of aromatic nitrogens is 4. The first kappa shape index (κ1) is 17.6. The molecule has 0 aromatic carbocycles. The van der Waals surface area contributed by atoms with E-state index in [1.807, 2.05) is 23.9 Å². The van der Waals surface area contributed by atoms with E-state index < -0.39 is 0 Å². The summed E-state index contributed by atoms with van der Waals surface area (Å²) >= 11 is 1.45. The van der Waals surface area contributed by atoms with Gasteiger partial charge in [-0.05, 0) is 13.8 Å². The minimum Gasteiger partial charge on any atom is -0.301 e. The predicted molar refractivity (Wildman–Crippen MR) is 91.6 cm³/mol. The largest absolute Gasteiger partial charge is 0.301 e. The van der Waals surface area contributed by atoms with E-state index in [0.29, 0.717) is 5.13 Å². The van der Waals surface area contributed by atoms with Crippen molar-refractivity contribution in [2.24, 2.45) is 0 Å². The quantitative estimate of drug-likeness (QED) is 0.846. The number of hydrogen-bond donors (Lipinski definition) is 2. The third-order valence-corrected chi connectivity index (χ3v) is 4.18. The Morgan fingerprint density at radius 3 is 2.78 bits per heavy atom. The van der Waals surface area contributed by atoms with Crippen LogP contribution in [0.5, 0.6) is 0 Å². The molecule has 126 valence electrons. The second-order valence-electron chi connectivity index (χ2n) is 6.37. The summed E-state index contributed by atoms with van der Waals surface area (Å²) < 4.78 is 1.81. The number of thiazole rings is 1. The summed E-state index contributed by atoms with van der Waals surface area (Å²) in [6.45, 7) is 11.2. The molecule has 7 nitrogen and oxygen atoms in total. The Morgan fingerprint density at radius 1 is 1.43 bits per heavy atom. The zero-order chi connectivity index (χ0) is 17.0. The van der Waals surface area contributed by atoms with Crippen molar-refractivity contribution in [3.63, 3.8) is 0 Å². The molecule has 0 saturated heterocycles. The second-order valence-corrected chi connectivity index (χ2v) is 7.23. The van der Waals surface area contributed by atoms with Crippen molar-refractivity contribution in [2.75, 3.05) is 11.9 Å². The molecule has 0 radical (unpaired) electrons. The Balaban J connectivity index is 1.87. The van der Waals surface area contributed by atoms with Gasteiger partial charge in [0.2, 0.25) is 5.91 Å². The normalized spacial score (nSPS) is 13.1. The van der Waals surface area contributed by atoms with Crippen molar-refractivity contribution in [2.45, 2.75) is 52.6 Å². The molecule has 1 atom stereocenters. The lowest BCUT2D eigenvalue weighted by Gasteiger charge is -2.14. The first-order chi connectivity index (χ1) is 10.8. The van der Waals surface area contributed by atoms with Gasteiger partial charge >= 0.3 is 0 Å². The summed E-state index contributed by atoms with van der Waals surface area (Å²) in [6, 6.07) is -0.0513. The van der Waals surface area contributed by atoms with E-state index in [0.717, 1.165) is 18.1 Å². The molecule has 2 aromatic heterocycles. The fraction of sp³-hybridized carbons (Fsp3) is 0.600. The van der Waals surface area contributed by atoms with Gasteiger partial charge < -0.3 is 5.32 Å². The minimum atomic E-state index is -0.116. The lowest BCUT2D eigenvalue weighted by atomic mass is 9.93. The lowest BCUT2D eigenvalue weighted by molar-refractivity contribution is -0.115. The number of nitrogens with one attached hydrogen (secondary N) is 2. The van der Waals surface area contributed by atoms with E-state index in [1.165, 1.54) is 17.7 Å². The molecular weight excluding hydrogens is 312 g/mol. The average molecular weight is 336 g/mol. The van der Waals surface area contributed by atoms with Gasteiger partial charge in [0.05, 0.1) is 18.3 Å². The van der Waals surface area contributed by atoms with Crippen molar-refractivity contribution in [3.05, 3.63) is 23.2 Å². The van der Waals surface area contributed by atoms with E-state index in [4.69, 9.17) is 0 Å². The van der Waals surface area contributed by atoms with Crippen LogP contribution in [0.25, 0.3) is 0 Å². The highest BCUT2D eigenvalue weighted by atomic mass is 32.1. The van der Waals surface area contributed by atoms with Gasteiger partial charge in [-0.15, -0.1) is 11.3 Å². The van der Waals surface area contributed by atoms with Gasteiger partial charge in [0, 0.05) is 17.3 Å². The zero-order valence-corrected chi connectivity index (χ0v) is 15.1. The van der Waals surface area contributed by atoms with Crippen LogP contribution in [0.4, 0.5) is 5.13 Å². The topological polar surface area (TPSA) is 84.7 Å². The van der Waals surface area contributed by atoms with Crippen LogP contribution < -0.4 is 10.6 Å². The average Bonchev–Trinajstić information content (AvgIpc) is 3.12. The van der Waals surface area contributed by atoms with Gasteiger partial charge in [0.1, 0.15) is 12.2 Å².